The molecule has 0 aliphatic carbocycles. The molecule has 2 aromatic rings. The van der Waals surface area contributed by atoms with E-state index in [2.05, 4.69) is 9.88 Å². The highest BCUT2D eigenvalue weighted by Crippen LogP contribution is 2.36. The van der Waals surface area contributed by atoms with Gasteiger partial charge in [-0.15, -0.1) is 0 Å². The predicted octanol–water partition coefficient (Wildman–Crippen LogP) is 3.49. The zero-order valence-corrected chi connectivity index (χ0v) is 15.0. The molecule has 3 rings (SSSR count). The van der Waals surface area contributed by atoms with Crippen molar-refractivity contribution in [2.24, 2.45) is 0 Å². The van der Waals surface area contributed by atoms with Crippen molar-refractivity contribution in [2.45, 2.75) is 6.18 Å². The second-order valence-corrected chi connectivity index (χ2v) is 6.13. The lowest BCUT2D eigenvalue weighted by molar-refractivity contribution is -0.137. The molecule has 1 aliphatic heterocycles. The van der Waals surface area contributed by atoms with Crippen LogP contribution in [0.5, 0.6) is 11.6 Å². The van der Waals surface area contributed by atoms with Gasteiger partial charge < -0.3 is 14.2 Å². The van der Waals surface area contributed by atoms with Gasteiger partial charge in [-0.3, -0.25) is 4.90 Å². The lowest BCUT2D eigenvalue weighted by atomic mass is 10.0. The van der Waals surface area contributed by atoms with Gasteiger partial charge in [0.05, 0.1) is 25.9 Å². The lowest BCUT2D eigenvalue weighted by Gasteiger charge is -2.26. The lowest BCUT2D eigenvalue weighted by Crippen LogP contribution is -2.38. The molecule has 0 spiro atoms. The van der Waals surface area contributed by atoms with Gasteiger partial charge in [-0.1, -0.05) is 0 Å². The molecule has 0 atom stereocenters. The molecule has 2 heterocycles. The van der Waals surface area contributed by atoms with Crippen molar-refractivity contribution in [3.63, 3.8) is 0 Å². The standard InChI is InChI=1S/C19H21F3N2O3/c1-25-18-12-14(2-3-23-18)15-10-16(19(20,21)22)13-17(11-15)27-9-6-24-4-7-26-8-5-24/h2-3,10-13H,4-9H2,1H3. The summed E-state index contributed by atoms with van der Waals surface area (Å²) >= 11 is 0. The van der Waals surface area contributed by atoms with Gasteiger partial charge in [-0.25, -0.2) is 4.98 Å². The molecule has 1 aromatic carbocycles. The molecule has 0 amide bonds. The van der Waals surface area contributed by atoms with E-state index in [1.165, 1.54) is 13.3 Å². The quantitative estimate of drug-likeness (QED) is 0.765. The first-order chi connectivity index (χ1) is 13.0. The smallest absolute Gasteiger partial charge is 0.416 e. The zero-order chi connectivity index (χ0) is 19.3. The van der Waals surface area contributed by atoms with Gasteiger partial charge in [-0.2, -0.15) is 13.2 Å². The maximum absolute atomic E-state index is 13.3. The van der Waals surface area contributed by atoms with Crippen molar-refractivity contribution in [1.82, 2.24) is 9.88 Å². The Morgan fingerprint density at radius 1 is 1.11 bits per heavy atom. The topological polar surface area (TPSA) is 43.8 Å². The SMILES string of the molecule is COc1cc(-c2cc(OCCN3CCOCC3)cc(C(F)(F)F)c2)ccn1. The molecular weight excluding hydrogens is 361 g/mol. The van der Waals surface area contributed by atoms with Gasteiger partial charge in [0.25, 0.3) is 0 Å². The molecule has 8 heteroatoms. The summed E-state index contributed by atoms with van der Waals surface area (Å²) in [6, 6.07) is 6.96. The normalized spacial score (nSPS) is 15.6. The Morgan fingerprint density at radius 2 is 1.89 bits per heavy atom. The first-order valence-corrected chi connectivity index (χ1v) is 8.61. The van der Waals surface area contributed by atoms with Crippen LogP contribution in [0.25, 0.3) is 11.1 Å². The van der Waals surface area contributed by atoms with E-state index in [1.54, 1.807) is 18.2 Å². The summed E-state index contributed by atoms with van der Waals surface area (Å²) < 4.78 is 55.9. The summed E-state index contributed by atoms with van der Waals surface area (Å²) in [4.78, 5) is 6.15. The molecule has 5 nitrogen and oxygen atoms in total. The molecule has 0 radical (unpaired) electrons. The predicted molar refractivity (Wildman–Crippen MR) is 94.0 cm³/mol. The fourth-order valence-electron chi connectivity index (χ4n) is 2.83. The van der Waals surface area contributed by atoms with Crippen LogP contribution in [0.4, 0.5) is 13.2 Å². The van der Waals surface area contributed by atoms with Gasteiger partial charge in [0.2, 0.25) is 5.88 Å². The van der Waals surface area contributed by atoms with Crippen molar-refractivity contribution in [3.8, 4) is 22.8 Å². The number of halogens is 3. The number of benzene rings is 1. The monoisotopic (exact) mass is 382 g/mol. The number of hydrogen-bond acceptors (Lipinski definition) is 5. The van der Waals surface area contributed by atoms with Crippen molar-refractivity contribution in [1.29, 1.82) is 0 Å². The third kappa shape index (κ3) is 5.33. The second-order valence-electron chi connectivity index (χ2n) is 6.13. The Kier molecular flexibility index (Phi) is 6.18. The minimum absolute atomic E-state index is 0.184. The average molecular weight is 382 g/mol. The Labute approximate surface area is 155 Å². The Hall–Kier alpha value is -2.32. The number of rotatable bonds is 6. The second kappa shape index (κ2) is 8.58. The van der Waals surface area contributed by atoms with Gasteiger partial charge in [-0.05, 0) is 35.4 Å². The third-order valence-corrected chi connectivity index (χ3v) is 4.29. The van der Waals surface area contributed by atoms with Crippen LogP contribution in [0, 0.1) is 0 Å². The number of nitrogens with zero attached hydrogens (tertiary/aromatic N) is 2. The fourth-order valence-corrected chi connectivity index (χ4v) is 2.83. The van der Waals surface area contributed by atoms with E-state index < -0.39 is 11.7 Å². The van der Waals surface area contributed by atoms with E-state index in [0.717, 1.165) is 25.2 Å². The van der Waals surface area contributed by atoms with Crippen LogP contribution < -0.4 is 9.47 Å². The van der Waals surface area contributed by atoms with Crippen LogP contribution in [0.15, 0.2) is 36.5 Å². The number of hydrogen-bond donors (Lipinski definition) is 0. The van der Waals surface area contributed by atoms with Crippen molar-refractivity contribution in [2.75, 3.05) is 46.6 Å². The minimum Gasteiger partial charge on any atom is -0.492 e. The highest BCUT2D eigenvalue weighted by molar-refractivity contribution is 5.67. The molecule has 0 unspecified atom stereocenters. The van der Waals surface area contributed by atoms with Crippen molar-refractivity contribution >= 4 is 0 Å². The molecular formula is C19H21F3N2O3. The van der Waals surface area contributed by atoms with Gasteiger partial charge in [0.15, 0.2) is 0 Å². The maximum atomic E-state index is 13.3. The zero-order valence-electron chi connectivity index (χ0n) is 15.0. The number of aromatic nitrogens is 1. The number of alkyl halides is 3. The molecule has 0 N–H and O–H groups in total. The Morgan fingerprint density at radius 3 is 2.59 bits per heavy atom. The highest BCUT2D eigenvalue weighted by Gasteiger charge is 2.31. The van der Waals surface area contributed by atoms with Crippen LogP contribution in [0.2, 0.25) is 0 Å². The summed E-state index contributed by atoms with van der Waals surface area (Å²) in [5, 5.41) is 0. The Balaban J connectivity index is 1.80. The van der Waals surface area contributed by atoms with Crippen molar-refractivity contribution < 1.29 is 27.4 Å². The van der Waals surface area contributed by atoms with E-state index in [9.17, 15) is 13.2 Å². The summed E-state index contributed by atoms with van der Waals surface area (Å²) in [6.45, 7) is 3.87. The highest BCUT2D eigenvalue weighted by atomic mass is 19.4. The molecule has 1 aliphatic rings. The summed E-state index contributed by atoms with van der Waals surface area (Å²) in [5.74, 6) is 0.517. The van der Waals surface area contributed by atoms with Crippen LogP contribution in [0.1, 0.15) is 5.56 Å². The summed E-state index contributed by atoms with van der Waals surface area (Å²) in [6.07, 6.45) is -2.97. The van der Waals surface area contributed by atoms with Crippen LogP contribution in [-0.2, 0) is 10.9 Å². The number of pyridine rings is 1. The van der Waals surface area contributed by atoms with E-state index in [1.807, 2.05) is 0 Å². The number of methoxy groups -OCH3 is 1. The van der Waals surface area contributed by atoms with Gasteiger partial charge >= 0.3 is 6.18 Å². The summed E-state index contributed by atoms with van der Waals surface area (Å²) in [5.41, 5.74) is 0.218. The molecule has 27 heavy (non-hydrogen) atoms. The number of ether oxygens (including phenoxy) is 3. The van der Waals surface area contributed by atoms with Crippen LogP contribution in [0.3, 0.4) is 0 Å². The molecule has 0 bridgehead atoms. The summed E-state index contributed by atoms with van der Waals surface area (Å²) in [7, 11) is 1.46. The van der Waals surface area contributed by atoms with Crippen LogP contribution in [-0.4, -0.2) is 56.4 Å². The third-order valence-electron chi connectivity index (χ3n) is 4.29. The maximum Gasteiger partial charge on any atom is 0.416 e. The first-order valence-electron chi connectivity index (χ1n) is 8.61. The number of morpholine rings is 1. The molecule has 1 aromatic heterocycles. The molecule has 146 valence electrons. The van der Waals surface area contributed by atoms with Crippen molar-refractivity contribution in [3.05, 3.63) is 42.1 Å². The molecule has 1 fully saturated rings. The molecule has 0 saturated carbocycles. The fraction of sp³-hybridized carbons (Fsp3) is 0.421. The van der Waals surface area contributed by atoms with E-state index in [4.69, 9.17) is 14.2 Å². The van der Waals surface area contributed by atoms with Gasteiger partial charge in [0.1, 0.15) is 12.4 Å². The largest absolute Gasteiger partial charge is 0.492 e. The average Bonchev–Trinajstić information content (AvgIpc) is 2.68. The van der Waals surface area contributed by atoms with Crippen LogP contribution >= 0.6 is 0 Å². The van der Waals surface area contributed by atoms with E-state index >= 15 is 0 Å². The van der Waals surface area contributed by atoms with Gasteiger partial charge in [0, 0.05) is 31.9 Å². The van der Waals surface area contributed by atoms with E-state index in [-0.39, 0.29) is 5.75 Å². The van der Waals surface area contributed by atoms with E-state index in [0.29, 0.717) is 43.4 Å². The Bertz CT molecular complexity index is 762. The molecule has 1 saturated heterocycles. The minimum atomic E-state index is -4.46. The first kappa shape index (κ1) is 19.4.